The molecule has 0 spiro atoms. The molecule has 0 radical (unpaired) electrons. The Labute approximate surface area is 164 Å². The number of aryl methyl sites for hydroxylation is 1. The van der Waals surface area contributed by atoms with Crippen LogP contribution in [0.1, 0.15) is 43.2 Å². The predicted octanol–water partition coefficient (Wildman–Crippen LogP) is 5.19. The second kappa shape index (κ2) is 9.34. The smallest absolute Gasteiger partial charge is 0.0900 e. The fourth-order valence-corrected chi connectivity index (χ4v) is 4.46. The molecule has 1 aliphatic rings. The van der Waals surface area contributed by atoms with Crippen molar-refractivity contribution in [2.45, 2.75) is 44.1 Å². The fourth-order valence-electron chi connectivity index (χ4n) is 4.46. The largest absolute Gasteiger partial charge is 0.385 e. The molecule has 0 saturated heterocycles. The van der Waals surface area contributed by atoms with Gasteiger partial charge in [-0.1, -0.05) is 66.7 Å². The van der Waals surface area contributed by atoms with Gasteiger partial charge in [0.05, 0.1) is 5.60 Å². The van der Waals surface area contributed by atoms with E-state index in [0.717, 1.165) is 45.1 Å². The summed E-state index contributed by atoms with van der Waals surface area (Å²) in [6, 6.07) is 21.1. The van der Waals surface area contributed by atoms with Crippen LogP contribution in [0.15, 0.2) is 66.2 Å². The fraction of sp³-hybridized carbons (Fsp3) is 0.440. The van der Waals surface area contributed by atoms with Crippen molar-refractivity contribution >= 4 is 6.08 Å². The molecule has 0 aliphatic heterocycles. The van der Waals surface area contributed by atoms with Crippen LogP contribution in [0.3, 0.4) is 0 Å². The quantitative estimate of drug-likeness (QED) is 0.732. The van der Waals surface area contributed by atoms with Crippen LogP contribution in [0.5, 0.6) is 0 Å². The molecule has 2 nitrogen and oxygen atoms in total. The van der Waals surface area contributed by atoms with Gasteiger partial charge in [-0.15, -0.1) is 0 Å². The molecular weight excluding hydrogens is 330 g/mol. The van der Waals surface area contributed by atoms with E-state index >= 15 is 0 Å². The van der Waals surface area contributed by atoms with Crippen molar-refractivity contribution < 1.29 is 5.11 Å². The van der Waals surface area contributed by atoms with Gasteiger partial charge < -0.3 is 10.0 Å². The summed E-state index contributed by atoms with van der Waals surface area (Å²) in [5.41, 5.74) is 3.07. The van der Waals surface area contributed by atoms with Gasteiger partial charge in [-0.2, -0.15) is 0 Å². The summed E-state index contributed by atoms with van der Waals surface area (Å²) in [7, 11) is 4.22. The second-order valence-electron chi connectivity index (χ2n) is 8.20. The first-order chi connectivity index (χ1) is 13.1. The van der Waals surface area contributed by atoms with Gasteiger partial charge in [-0.3, -0.25) is 0 Å². The van der Waals surface area contributed by atoms with Gasteiger partial charge in [-0.05, 0) is 69.3 Å². The van der Waals surface area contributed by atoms with Gasteiger partial charge in [0.2, 0.25) is 0 Å². The minimum atomic E-state index is -0.701. The summed E-state index contributed by atoms with van der Waals surface area (Å²) in [4.78, 5) is 2.22. The molecule has 2 aromatic carbocycles. The van der Waals surface area contributed by atoms with E-state index in [-0.39, 0.29) is 0 Å². The topological polar surface area (TPSA) is 23.5 Å². The molecule has 1 aliphatic carbocycles. The number of hydrogen-bond donors (Lipinski definition) is 1. The van der Waals surface area contributed by atoms with Gasteiger partial charge in [0.25, 0.3) is 0 Å². The Balaban J connectivity index is 1.80. The molecule has 0 aromatic heterocycles. The maximum absolute atomic E-state index is 11.9. The highest BCUT2D eigenvalue weighted by atomic mass is 16.3. The molecule has 2 unspecified atom stereocenters. The maximum Gasteiger partial charge on any atom is 0.0900 e. The molecule has 27 heavy (non-hydrogen) atoms. The molecule has 1 fully saturated rings. The number of aliphatic hydroxyl groups is 1. The summed E-state index contributed by atoms with van der Waals surface area (Å²) in [5.74, 6) is 0.298. The lowest BCUT2D eigenvalue weighted by Gasteiger charge is -2.43. The van der Waals surface area contributed by atoms with Gasteiger partial charge in [0, 0.05) is 12.5 Å². The highest BCUT2D eigenvalue weighted by molar-refractivity contribution is 5.55. The average molecular weight is 364 g/mol. The molecule has 2 aromatic rings. The number of hydrogen-bond acceptors (Lipinski definition) is 2. The van der Waals surface area contributed by atoms with Crippen LogP contribution in [-0.4, -0.2) is 36.2 Å². The molecule has 2 heteroatoms. The van der Waals surface area contributed by atoms with Crippen LogP contribution < -0.4 is 0 Å². The van der Waals surface area contributed by atoms with E-state index in [1.54, 1.807) is 0 Å². The van der Waals surface area contributed by atoms with Crippen molar-refractivity contribution in [1.82, 2.24) is 4.90 Å². The molecule has 1 saturated carbocycles. The van der Waals surface area contributed by atoms with Crippen molar-refractivity contribution in [3.05, 3.63) is 77.4 Å². The molecule has 0 heterocycles. The molecule has 0 bridgehead atoms. The maximum atomic E-state index is 11.9. The number of nitrogens with zero attached hydrogens (tertiary/aromatic N) is 1. The van der Waals surface area contributed by atoms with Crippen molar-refractivity contribution in [3.63, 3.8) is 0 Å². The molecule has 144 valence electrons. The van der Waals surface area contributed by atoms with E-state index in [1.807, 2.05) is 6.07 Å². The second-order valence-corrected chi connectivity index (χ2v) is 8.20. The highest BCUT2D eigenvalue weighted by Crippen LogP contribution is 2.42. The van der Waals surface area contributed by atoms with Gasteiger partial charge in [-0.25, -0.2) is 0 Å². The predicted molar refractivity (Wildman–Crippen MR) is 115 cm³/mol. The Hall–Kier alpha value is -1.90. The van der Waals surface area contributed by atoms with Crippen molar-refractivity contribution in [3.8, 4) is 0 Å². The Morgan fingerprint density at radius 3 is 2.37 bits per heavy atom. The van der Waals surface area contributed by atoms with E-state index in [4.69, 9.17) is 0 Å². The van der Waals surface area contributed by atoms with E-state index < -0.39 is 5.60 Å². The van der Waals surface area contributed by atoms with Crippen molar-refractivity contribution in [1.29, 1.82) is 0 Å². The summed E-state index contributed by atoms with van der Waals surface area (Å²) in [5, 5.41) is 11.9. The Morgan fingerprint density at radius 1 is 1.04 bits per heavy atom. The summed E-state index contributed by atoms with van der Waals surface area (Å²) in [6.45, 7) is 0.938. The number of rotatable bonds is 7. The summed E-state index contributed by atoms with van der Waals surface area (Å²) < 4.78 is 0. The summed E-state index contributed by atoms with van der Waals surface area (Å²) in [6.07, 6.45) is 8.38. The van der Waals surface area contributed by atoms with Gasteiger partial charge in [0.1, 0.15) is 0 Å². The van der Waals surface area contributed by atoms with Crippen molar-refractivity contribution in [2.24, 2.45) is 5.92 Å². The third-order valence-corrected chi connectivity index (χ3v) is 5.82. The molecule has 3 rings (SSSR count). The normalized spacial score (nSPS) is 24.4. The molecule has 1 N–H and O–H groups in total. The van der Waals surface area contributed by atoms with Crippen LogP contribution in [0.25, 0.3) is 6.08 Å². The van der Waals surface area contributed by atoms with Crippen LogP contribution in [0.4, 0.5) is 0 Å². The minimum Gasteiger partial charge on any atom is -0.385 e. The lowest BCUT2D eigenvalue weighted by Crippen LogP contribution is -2.47. The highest BCUT2D eigenvalue weighted by Gasteiger charge is 2.42. The van der Waals surface area contributed by atoms with E-state index in [2.05, 4.69) is 79.7 Å². The third kappa shape index (κ3) is 5.31. The zero-order chi connectivity index (χ0) is 19.1. The van der Waals surface area contributed by atoms with Crippen LogP contribution in [-0.2, 0) is 6.42 Å². The standard InChI is InChI=1S/C25H33NO/c1-26(2)20-24-17-9-16-23(19-22-13-7-4-8-14-22)25(24,27)18-10-15-21-11-5-3-6-12-21/h3-8,11-14,19,24,27H,9-10,15-18,20H2,1-2H3. The molecule has 2 atom stereocenters. The minimum absolute atomic E-state index is 0.298. The Morgan fingerprint density at radius 2 is 1.70 bits per heavy atom. The average Bonchev–Trinajstić information content (AvgIpc) is 2.67. The first-order valence-electron chi connectivity index (χ1n) is 10.2. The van der Waals surface area contributed by atoms with Crippen molar-refractivity contribution in [2.75, 3.05) is 20.6 Å². The zero-order valence-electron chi connectivity index (χ0n) is 16.8. The first-order valence-corrected chi connectivity index (χ1v) is 10.2. The SMILES string of the molecule is CN(C)CC1CCCC(=Cc2ccccc2)C1(O)CCCc1ccccc1. The zero-order valence-corrected chi connectivity index (χ0v) is 16.8. The summed E-state index contributed by atoms with van der Waals surface area (Å²) >= 11 is 0. The lowest BCUT2D eigenvalue weighted by atomic mass is 9.68. The van der Waals surface area contributed by atoms with Crippen LogP contribution in [0.2, 0.25) is 0 Å². The monoisotopic (exact) mass is 363 g/mol. The van der Waals surface area contributed by atoms with Gasteiger partial charge >= 0.3 is 0 Å². The van der Waals surface area contributed by atoms with E-state index in [1.165, 1.54) is 16.7 Å². The lowest BCUT2D eigenvalue weighted by molar-refractivity contribution is -0.0208. The Kier molecular flexibility index (Phi) is 6.87. The third-order valence-electron chi connectivity index (χ3n) is 5.82. The number of benzene rings is 2. The van der Waals surface area contributed by atoms with Gasteiger partial charge in [0.15, 0.2) is 0 Å². The van der Waals surface area contributed by atoms with E-state index in [9.17, 15) is 5.11 Å². The van der Waals surface area contributed by atoms with E-state index in [0.29, 0.717) is 5.92 Å². The first kappa shape index (κ1) is 19.9. The van der Waals surface area contributed by atoms with Crippen LogP contribution >= 0.6 is 0 Å². The molecular formula is C25H33NO. The Bertz CT molecular complexity index is 723. The molecule has 0 amide bonds. The van der Waals surface area contributed by atoms with Crippen LogP contribution in [0, 0.1) is 5.92 Å².